The molecular weight excluding hydrogens is 432 g/mol. The van der Waals surface area contributed by atoms with E-state index in [1.54, 1.807) is 0 Å². The zero-order valence-electron chi connectivity index (χ0n) is 17.2. The molecule has 0 aromatic heterocycles. The summed E-state index contributed by atoms with van der Waals surface area (Å²) < 4.78 is 79.2. The number of benzene rings is 2. The maximum absolute atomic E-state index is 13.2. The van der Waals surface area contributed by atoms with Gasteiger partial charge >= 0.3 is 12.4 Å². The van der Waals surface area contributed by atoms with Crippen molar-refractivity contribution in [3.63, 3.8) is 0 Å². The Bertz CT molecular complexity index is 922. The Balaban J connectivity index is 1.58. The van der Waals surface area contributed by atoms with Crippen LogP contribution in [-0.2, 0) is 18.9 Å². The van der Waals surface area contributed by atoms with Crippen LogP contribution in [0, 0.1) is 5.92 Å². The smallest absolute Gasteiger partial charge is 0.294 e. The van der Waals surface area contributed by atoms with Gasteiger partial charge in [-0.05, 0) is 49.4 Å². The first-order chi connectivity index (χ1) is 15.0. The average molecular weight is 455 g/mol. The number of carbonyl (C=O) groups excluding carboxylic acids is 1. The highest BCUT2D eigenvalue weighted by atomic mass is 19.4. The molecule has 0 saturated carbocycles. The lowest BCUT2D eigenvalue weighted by atomic mass is 9.75. The molecule has 2 atom stereocenters. The molecule has 2 nitrogen and oxygen atoms in total. The van der Waals surface area contributed by atoms with Crippen molar-refractivity contribution in [1.82, 2.24) is 4.90 Å². The average Bonchev–Trinajstić information content (AvgIpc) is 2.72. The molecule has 0 spiro atoms. The number of piperidine rings is 2. The van der Waals surface area contributed by atoms with Gasteiger partial charge in [0, 0.05) is 30.1 Å². The van der Waals surface area contributed by atoms with E-state index in [2.05, 4.69) is 4.90 Å². The molecule has 172 valence electrons. The highest BCUT2D eigenvalue weighted by molar-refractivity contribution is 5.98. The second-order valence-corrected chi connectivity index (χ2v) is 8.72. The van der Waals surface area contributed by atoms with E-state index in [4.69, 9.17) is 0 Å². The maximum atomic E-state index is 13.2. The third-order valence-electron chi connectivity index (χ3n) is 6.58. The van der Waals surface area contributed by atoms with Crippen LogP contribution in [0.25, 0.3) is 0 Å². The summed E-state index contributed by atoms with van der Waals surface area (Å²) in [6.45, 7) is 0.721. The fourth-order valence-corrected chi connectivity index (χ4v) is 5.08. The standard InChI is InChI=1S/C24H23F6NO/c25-23(26,27)18-9-16(10-19(13-18)24(28,29)30)22(32)17-11-20-7-4-8-21(12-17)31(20)14-15-5-2-1-3-6-15/h1-3,5-6,9-10,13,17,20-21H,4,7-8,11-12,14H2. The van der Waals surface area contributed by atoms with E-state index >= 15 is 0 Å². The number of Topliss-reactive ketones (excluding diaryl/α,β-unsaturated/α-hetero) is 1. The molecule has 32 heavy (non-hydrogen) atoms. The zero-order chi connectivity index (χ0) is 23.1. The van der Waals surface area contributed by atoms with Gasteiger partial charge < -0.3 is 0 Å². The predicted octanol–water partition coefficient (Wildman–Crippen LogP) is 6.74. The van der Waals surface area contributed by atoms with E-state index in [9.17, 15) is 31.1 Å². The first kappa shape index (κ1) is 22.8. The molecule has 0 N–H and O–H groups in total. The Morgan fingerprint density at radius 3 is 1.88 bits per heavy atom. The lowest BCUT2D eigenvalue weighted by Crippen LogP contribution is -2.52. The molecule has 2 bridgehead atoms. The summed E-state index contributed by atoms with van der Waals surface area (Å²) in [5.41, 5.74) is -2.26. The number of ketones is 1. The van der Waals surface area contributed by atoms with E-state index in [1.807, 2.05) is 30.3 Å². The summed E-state index contributed by atoms with van der Waals surface area (Å²) in [7, 11) is 0. The van der Waals surface area contributed by atoms with Crippen molar-refractivity contribution in [2.45, 2.75) is 63.1 Å². The van der Waals surface area contributed by atoms with E-state index in [1.165, 1.54) is 0 Å². The minimum atomic E-state index is -4.97. The largest absolute Gasteiger partial charge is 0.416 e. The Morgan fingerprint density at radius 2 is 1.38 bits per heavy atom. The van der Waals surface area contributed by atoms with Crippen LogP contribution in [0.3, 0.4) is 0 Å². The highest BCUT2D eigenvalue weighted by Crippen LogP contribution is 2.41. The van der Waals surface area contributed by atoms with Gasteiger partial charge in [-0.25, -0.2) is 0 Å². The summed E-state index contributed by atoms with van der Waals surface area (Å²) in [6.07, 6.45) is -6.31. The fourth-order valence-electron chi connectivity index (χ4n) is 5.08. The van der Waals surface area contributed by atoms with Crippen LogP contribution in [0.2, 0.25) is 0 Å². The molecule has 8 heteroatoms. The van der Waals surface area contributed by atoms with Crippen molar-refractivity contribution < 1.29 is 31.1 Å². The summed E-state index contributed by atoms with van der Waals surface area (Å²) in [4.78, 5) is 15.4. The first-order valence-electron chi connectivity index (χ1n) is 10.7. The molecule has 4 rings (SSSR count). The van der Waals surface area contributed by atoms with Crippen molar-refractivity contribution >= 4 is 5.78 Å². The van der Waals surface area contributed by atoms with Gasteiger partial charge in [0.1, 0.15) is 0 Å². The number of nitrogens with zero attached hydrogens (tertiary/aromatic N) is 1. The molecule has 2 heterocycles. The fraction of sp³-hybridized carbons (Fsp3) is 0.458. The quantitative estimate of drug-likeness (QED) is 0.376. The number of alkyl halides is 6. The SMILES string of the molecule is O=C(c1cc(C(F)(F)F)cc(C(F)(F)F)c1)C1CC2CCCC(C1)N2Cc1ccccc1. The molecule has 0 radical (unpaired) electrons. The number of hydrogen-bond donors (Lipinski definition) is 0. The van der Waals surface area contributed by atoms with E-state index in [-0.39, 0.29) is 18.2 Å². The van der Waals surface area contributed by atoms with Crippen LogP contribution < -0.4 is 0 Å². The Morgan fingerprint density at radius 1 is 0.844 bits per heavy atom. The summed E-state index contributed by atoms with van der Waals surface area (Å²) in [5.74, 6) is -1.21. The number of rotatable bonds is 4. The van der Waals surface area contributed by atoms with E-state index in [0.717, 1.165) is 31.4 Å². The zero-order valence-corrected chi connectivity index (χ0v) is 17.2. The number of halogens is 6. The van der Waals surface area contributed by atoms with Crippen LogP contribution in [0.4, 0.5) is 26.3 Å². The number of fused-ring (bicyclic) bond motifs is 2. The molecule has 0 aliphatic carbocycles. The maximum Gasteiger partial charge on any atom is 0.416 e. The van der Waals surface area contributed by atoms with Gasteiger partial charge in [0.25, 0.3) is 0 Å². The molecule has 2 aromatic rings. The number of carbonyl (C=O) groups is 1. The van der Waals surface area contributed by atoms with Gasteiger partial charge in [0.05, 0.1) is 11.1 Å². The van der Waals surface area contributed by atoms with Crippen LogP contribution in [0.5, 0.6) is 0 Å². The van der Waals surface area contributed by atoms with Gasteiger partial charge in [-0.1, -0.05) is 36.8 Å². The molecule has 0 amide bonds. The predicted molar refractivity (Wildman–Crippen MR) is 107 cm³/mol. The van der Waals surface area contributed by atoms with Gasteiger partial charge in [-0.2, -0.15) is 26.3 Å². The first-order valence-corrected chi connectivity index (χ1v) is 10.7. The van der Waals surface area contributed by atoms with Crippen molar-refractivity contribution in [2.24, 2.45) is 5.92 Å². The summed E-state index contributed by atoms with van der Waals surface area (Å²) in [6, 6.07) is 11.2. The summed E-state index contributed by atoms with van der Waals surface area (Å²) in [5, 5.41) is 0. The molecule has 2 unspecified atom stereocenters. The molecule has 2 aromatic carbocycles. The monoisotopic (exact) mass is 455 g/mol. The van der Waals surface area contributed by atoms with Gasteiger partial charge in [0.15, 0.2) is 5.78 Å². The minimum Gasteiger partial charge on any atom is -0.294 e. The summed E-state index contributed by atoms with van der Waals surface area (Å²) >= 11 is 0. The normalized spacial score (nSPS) is 24.4. The van der Waals surface area contributed by atoms with Crippen molar-refractivity contribution in [3.8, 4) is 0 Å². The van der Waals surface area contributed by atoms with Crippen molar-refractivity contribution in [2.75, 3.05) is 0 Å². The van der Waals surface area contributed by atoms with Gasteiger partial charge in [-0.15, -0.1) is 0 Å². The van der Waals surface area contributed by atoms with Crippen molar-refractivity contribution in [3.05, 3.63) is 70.8 Å². The third kappa shape index (κ3) is 4.85. The second-order valence-electron chi connectivity index (χ2n) is 8.72. The van der Waals surface area contributed by atoms with Crippen molar-refractivity contribution in [1.29, 1.82) is 0 Å². The molecular formula is C24H23F6NO. The lowest BCUT2D eigenvalue weighted by Gasteiger charge is -2.48. The third-order valence-corrected chi connectivity index (χ3v) is 6.58. The number of hydrogen-bond acceptors (Lipinski definition) is 2. The van der Waals surface area contributed by atoms with Crippen LogP contribution in [0.1, 0.15) is 59.2 Å². The minimum absolute atomic E-state index is 0.0635. The Labute approximate surface area is 182 Å². The van der Waals surface area contributed by atoms with Crippen LogP contribution >= 0.6 is 0 Å². The van der Waals surface area contributed by atoms with Crippen LogP contribution in [-0.4, -0.2) is 22.8 Å². The van der Waals surface area contributed by atoms with E-state index in [0.29, 0.717) is 25.0 Å². The Hall–Kier alpha value is -2.35. The van der Waals surface area contributed by atoms with Crippen LogP contribution in [0.15, 0.2) is 48.5 Å². The topological polar surface area (TPSA) is 20.3 Å². The second kappa shape index (κ2) is 8.54. The molecule has 2 aliphatic rings. The lowest BCUT2D eigenvalue weighted by molar-refractivity contribution is -0.143. The molecule has 2 fully saturated rings. The Kier molecular flexibility index (Phi) is 6.09. The highest BCUT2D eigenvalue weighted by Gasteiger charge is 2.42. The van der Waals surface area contributed by atoms with Gasteiger partial charge in [0.2, 0.25) is 0 Å². The molecule has 2 saturated heterocycles. The van der Waals surface area contributed by atoms with Gasteiger partial charge in [-0.3, -0.25) is 9.69 Å². The molecule has 2 aliphatic heterocycles. The van der Waals surface area contributed by atoms with E-state index < -0.39 is 40.7 Å².